The van der Waals surface area contributed by atoms with Crippen molar-refractivity contribution >= 4 is 34.4 Å². The lowest BCUT2D eigenvalue weighted by atomic mass is 9.45. The van der Waals surface area contributed by atoms with E-state index in [4.69, 9.17) is 15.6 Å². The second kappa shape index (κ2) is 13.9. The van der Waals surface area contributed by atoms with Gasteiger partial charge in [0.2, 0.25) is 0 Å². The number of aliphatic hydroxyl groups excluding tert-OH is 1. The molecule has 3 fully saturated rings. The highest BCUT2D eigenvalue weighted by Crippen LogP contribution is 2.70. The van der Waals surface area contributed by atoms with E-state index in [1.54, 1.807) is 6.92 Å². The minimum Gasteiger partial charge on any atom is -0.480 e. The molecule has 9 nitrogen and oxygen atoms in total. The summed E-state index contributed by atoms with van der Waals surface area (Å²) in [6.07, 6.45) is 5.36. The lowest BCUT2D eigenvalue weighted by Gasteiger charge is -2.62. The molecule has 10 atom stereocenters. The number of fused-ring (bicyclic) bond motifs is 6. The quantitative estimate of drug-likeness (QED) is 0.249. The number of hydrogen-bond acceptors (Lipinski definition) is 7. The van der Waals surface area contributed by atoms with Crippen LogP contribution in [-0.2, 0) is 30.3 Å². The molecule has 11 heteroatoms. The first-order valence-electron chi connectivity index (χ1n) is 17.3. The Labute approximate surface area is 285 Å². The second-order valence-electron chi connectivity index (χ2n) is 14.9. The van der Waals surface area contributed by atoms with Gasteiger partial charge in [0, 0.05) is 47.2 Å². The van der Waals surface area contributed by atoms with Crippen LogP contribution in [0.1, 0.15) is 71.8 Å². The van der Waals surface area contributed by atoms with Crippen molar-refractivity contribution in [1.29, 1.82) is 0 Å². The van der Waals surface area contributed by atoms with E-state index in [0.29, 0.717) is 19.3 Å². The predicted molar refractivity (Wildman–Crippen MR) is 180 cm³/mol. The van der Waals surface area contributed by atoms with E-state index < -0.39 is 58.6 Å². The Morgan fingerprint density at radius 3 is 2.57 bits per heavy atom. The highest BCUT2D eigenvalue weighted by atomic mass is 19.1. The molecular formula is C38H48F2N2O7. The monoisotopic (exact) mass is 682 g/mol. The van der Waals surface area contributed by atoms with Gasteiger partial charge in [0.1, 0.15) is 18.8 Å². The van der Waals surface area contributed by atoms with E-state index in [9.17, 15) is 24.3 Å². The van der Waals surface area contributed by atoms with Gasteiger partial charge in [-0.2, -0.15) is 0 Å². The average molecular weight is 683 g/mol. The number of para-hydroxylation sites is 1. The average Bonchev–Trinajstić information content (AvgIpc) is 3.58. The molecule has 0 amide bonds. The highest BCUT2D eigenvalue weighted by molar-refractivity contribution is 6.01. The molecule has 1 aromatic carbocycles. The molecule has 3 saturated carbocycles. The summed E-state index contributed by atoms with van der Waals surface area (Å²) < 4.78 is 37.7. The Morgan fingerprint density at radius 1 is 1.16 bits per heavy atom. The van der Waals surface area contributed by atoms with Crippen LogP contribution < -0.4 is 5.73 Å². The number of nitrogens with two attached hydrogens (primary N) is 1. The zero-order chi connectivity index (χ0) is 35.9. The number of halogens is 2. The SMILES string of the molecule is CCCCC(=O)OCC(=O)[C@H]1[C@H](C)C[C@H]2[C@@H]3C[C@H](F)C4=CC(=O)C=C[C@]4(C)[C@@]3(F)[C@@H](O)C[C@@]21C.NC(Cc1c[nH]c2ccccc12)C(=O)O. The van der Waals surface area contributed by atoms with Crippen LogP contribution in [0, 0.1) is 34.5 Å². The number of carbonyl (C=O) groups is 4. The first kappa shape index (κ1) is 36.6. The van der Waals surface area contributed by atoms with E-state index >= 15 is 8.78 Å². The number of Topliss-reactive ketones (excluding diaryl/α,β-unsaturated/α-hetero) is 1. The van der Waals surface area contributed by atoms with Crippen molar-refractivity contribution in [3.8, 4) is 0 Å². The number of ether oxygens (including phenoxy) is 1. The molecule has 0 aliphatic heterocycles. The number of aromatic nitrogens is 1. The smallest absolute Gasteiger partial charge is 0.320 e. The number of carboxylic acids is 1. The number of aliphatic hydroxyl groups is 1. The van der Waals surface area contributed by atoms with Gasteiger partial charge < -0.3 is 25.7 Å². The molecule has 0 radical (unpaired) electrons. The molecule has 1 unspecified atom stereocenters. The Hall–Kier alpha value is -3.70. The van der Waals surface area contributed by atoms with Gasteiger partial charge in [0.25, 0.3) is 0 Å². The number of carbonyl (C=O) groups excluding carboxylic acids is 3. The Balaban J connectivity index is 0.000000259. The van der Waals surface area contributed by atoms with Crippen LogP contribution in [0.15, 0.2) is 54.3 Å². The van der Waals surface area contributed by atoms with E-state index in [1.807, 2.05) is 51.2 Å². The van der Waals surface area contributed by atoms with E-state index in [2.05, 4.69) is 4.98 Å². The van der Waals surface area contributed by atoms with E-state index in [-0.39, 0.29) is 54.8 Å². The number of esters is 1. The summed E-state index contributed by atoms with van der Waals surface area (Å²) >= 11 is 0. The topological polar surface area (TPSA) is 160 Å². The van der Waals surface area contributed by atoms with Crippen LogP contribution in [0.4, 0.5) is 8.78 Å². The van der Waals surface area contributed by atoms with Crippen molar-refractivity contribution in [2.45, 2.75) is 96.6 Å². The summed E-state index contributed by atoms with van der Waals surface area (Å²) in [6.45, 7) is 7.03. The van der Waals surface area contributed by atoms with Gasteiger partial charge in [-0.1, -0.05) is 51.5 Å². The number of aromatic amines is 1. The third-order valence-electron chi connectivity index (χ3n) is 11.9. The molecule has 1 aromatic heterocycles. The van der Waals surface area contributed by atoms with Crippen molar-refractivity contribution in [3.63, 3.8) is 0 Å². The van der Waals surface area contributed by atoms with Crippen LogP contribution in [0.2, 0.25) is 0 Å². The number of benzene rings is 1. The molecule has 0 bridgehead atoms. The van der Waals surface area contributed by atoms with Gasteiger partial charge in [-0.25, -0.2) is 8.78 Å². The molecule has 6 rings (SSSR count). The number of alkyl halides is 2. The molecule has 1 heterocycles. The van der Waals surface area contributed by atoms with Crippen molar-refractivity contribution in [3.05, 3.63) is 59.8 Å². The predicted octanol–water partition coefficient (Wildman–Crippen LogP) is 5.59. The van der Waals surface area contributed by atoms with Crippen LogP contribution in [0.5, 0.6) is 0 Å². The molecule has 2 aromatic rings. The van der Waals surface area contributed by atoms with Crippen LogP contribution in [0.25, 0.3) is 10.9 Å². The summed E-state index contributed by atoms with van der Waals surface area (Å²) in [7, 11) is 0. The van der Waals surface area contributed by atoms with Crippen LogP contribution >= 0.6 is 0 Å². The van der Waals surface area contributed by atoms with Gasteiger partial charge in [0.05, 0.1) is 6.10 Å². The Morgan fingerprint density at radius 2 is 1.88 bits per heavy atom. The van der Waals surface area contributed by atoms with Crippen molar-refractivity contribution in [2.75, 3.05) is 6.61 Å². The fourth-order valence-corrected chi connectivity index (χ4v) is 9.52. The Bertz CT molecular complexity index is 1670. The van der Waals surface area contributed by atoms with Crippen LogP contribution in [-0.4, -0.2) is 69.3 Å². The van der Waals surface area contributed by atoms with Crippen molar-refractivity contribution in [1.82, 2.24) is 4.98 Å². The fourth-order valence-electron chi connectivity index (χ4n) is 9.52. The minimum atomic E-state index is -2.15. The zero-order valence-corrected chi connectivity index (χ0v) is 28.6. The summed E-state index contributed by atoms with van der Waals surface area (Å²) in [5, 5.41) is 21.0. The first-order chi connectivity index (χ1) is 23.1. The van der Waals surface area contributed by atoms with Crippen molar-refractivity contribution < 1.29 is 42.9 Å². The van der Waals surface area contributed by atoms with Gasteiger partial charge in [0.15, 0.2) is 17.2 Å². The number of H-pyrrole nitrogens is 1. The minimum absolute atomic E-state index is 0.0524. The molecule has 266 valence electrons. The van der Waals surface area contributed by atoms with E-state index in [0.717, 1.165) is 22.9 Å². The van der Waals surface area contributed by atoms with E-state index in [1.165, 1.54) is 18.2 Å². The summed E-state index contributed by atoms with van der Waals surface area (Å²) in [5.74, 6) is -3.72. The normalized spacial score (nSPS) is 35.3. The maximum absolute atomic E-state index is 17.1. The Kier molecular flexibility index (Phi) is 10.4. The lowest BCUT2D eigenvalue weighted by molar-refractivity contribution is -0.202. The number of ketones is 2. The number of allylic oxidation sites excluding steroid dienone is 4. The van der Waals surface area contributed by atoms with Gasteiger partial charge >= 0.3 is 11.9 Å². The van der Waals surface area contributed by atoms with Gasteiger partial charge in [-0.15, -0.1) is 0 Å². The zero-order valence-electron chi connectivity index (χ0n) is 28.6. The van der Waals surface area contributed by atoms with Gasteiger partial charge in [-0.3, -0.25) is 19.2 Å². The molecule has 0 saturated heterocycles. The third-order valence-corrected chi connectivity index (χ3v) is 11.9. The number of unbranched alkanes of at least 4 members (excludes halogenated alkanes) is 1. The standard InChI is InChI=1S/C27H36F2O5.C11H12N2O2/c1-5-6-7-23(33)34-14-21(31)24-15(2)10-17-18-12-20(28)19-11-16(30)8-9-26(19,4)27(18,29)22(32)13-25(17,24)3;12-9(11(14)15)5-7-6-13-10-4-2-1-3-8(7)10/h8-9,11,15,17-18,20,22,24,32H,5-7,10,12-14H2,1-4H3;1-4,6,9,13H,5,12H2,(H,14,15)/t15-,17+,18+,20+,22+,24-,25+,26+,27+;/m1./s1. The molecule has 4 aliphatic rings. The first-order valence-corrected chi connectivity index (χ1v) is 17.3. The number of hydrogen-bond donors (Lipinski definition) is 4. The molecule has 49 heavy (non-hydrogen) atoms. The number of aliphatic carboxylic acids is 1. The summed E-state index contributed by atoms with van der Waals surface area (Å²) in [6, 6.07) is 6.91. The molecule has 5 N–H and O–H groups in total. The second-order valence-corrected chi connectivity index (χ2v) is 14.9. The third kappa shape index (κ3) is 6.40. The summed E-state index contributed by atoms with van der Waals surface area (Å²) in [5.41, 5.74) is 3.22. The number of rotatable bonds is 9. The molecule has 0 spiro atoms. The van der Waals surface area contributed by atoms with Crippen molar-refractivity contribution in [2.24, 2.45) is 40.2 Å². The largest absolute Gasteiger partial charge is 0.480 e. The maximum Gasteiger partial charge on any atom is 0.320 e. The lowest BCUT2D eigenvalue weighted by Crippen LogP contribution is -2.68. The van der Waals surface area contributed by atoms with Gasteiger partial charge in [-0.05, 0) is 79.2 Å². The van der Waals surface area contributed by atoms with Crippen LogP contribution in [0.3, 0.4) is 0 Å². The highest BCUT2D eigenvalue weighted by Gasteiger charge is 2.73. The number of nitrogens with one attached hydrogen (secondary N) is 1. The summed E-state index contributed by atoms with van der Waals surface area (Å²) in [4.78, 5) is 50.8. The molecule has 4 aliphatic carbocycles. The fraction of sp³-hybridized carbons (Fsp3) is 0.579. The number of carboxylic acid groups (broad SMARTS) is 1. The maximum atomic E-state index is 17.1. The molecular weight excluding hydrogens is 634 g/mol.